The number of benzene rings is 2. The van der Waals surface area contributed by atoms with E-state index in [0.717, 1.165) is 39.2 Å². The molecule has 2 amide bonds. The summed E-state index contributed by atoms with van der Waals surface area (Å²) >= 11 is 0. The van der Waals surface area contributed by atoms with E-state index in [1.54, 1.807) is 7.05 Å². The molecule has 0 saturated carbocycles. The van der Waals surface area contributed by atoms with Gasteiger partial charge in [0.15, 0.2) is 0 Å². The topological polar surface area (TPSA) is 78.2 Å². The number of carbonyl (C=O) groups is 2. The Bertz CT molecular complexity index is 1230. The van der Waals surface area contributed by atoms with Crippen LogP contribution < -0.4 is 4.74 Å². The van der Waals surface area contributed by atoms with Crippen molar-refractivity contribution in [1.29, 1.82) is 0 Å². The van der Waals surface area contributed by atoms with Crippen LogP contribution in [0.15, 0.2) is 66.9 Å². The van der Waals surface area contributed by atoms with Crippen LogP contribution in [0.3, 0.4) is 0 Å². The molecule has 0 bridgehead atoms. The van der Waals surface area contributed by atoms with E-state index in [4.69, 9.17) is 4.74 Å². The van der Waals surface area contributed by atoms with E-state index >= 15 is 0 Å². The second-order valence-corrected chi connectivity index (χ2v) is 7.53. The van der Waals surface area contributed by atoms with Crippen molar-refractivity contribution in [2.75, 3.05) is 7.05 Å². The maximum atomic E-state index is 12.8. The van der Waals surface area contributed by atoms with Crippen LogP contribution in [0.1, 0.15) is 23.5 Å². The van der Waals surface area contributed by atoms with Crippen molar-refractivity contribution in [3.05, 3.63) is 78.0 Å². The number of carbonyl (C=O) groups excluding carboxylic acids is 2. The van der Waals surface area contributed by atoms with E-state index in [2.05, 4.69) is 9.97 Å². The van der Waals surface area contributed by atoms with Gasteiger partial charge in [0, 0.05) is 36.1 Å². The predicted molar refractivity (Wildman–Crippen MR) is 114 cm³/mol. The molecule has 1 unspecified atom stereocenters. The monoisotopic (exact) mass is 399 g/mol. The van der Waals surface area contributed by atoms with Gasteiger partial charge < -0.3 is 14.7 Å². The first-order valence-corrected chi connectivity index (χ1v) is 9.88. The summed E-state index contributed by atoms with van der Waals surface area (Å²) in [4.78, 5) is 32.9. The molecule has 6 nitrogen and oxygen atoms in total. The van der Waals surface area contributed by atoms with Crippen molar-refractivity contribution in [3.63, 3.8) is 0 Å². The molecule has 1 fully saturated rings. The SMILES string of the molecule is CN1C(=O)CC(c2c(-c3ccc[nH]3)[nH]c3ccc(OCc4ccccc4)cc23)C1=O. The van der Waals surface area contributed by atoms with Crippen LogP contribution in [0.2, 0.25) is 0 Å². The number of aromatic amines is 2. The normalized spacial score (nSPS) is 16.6. The lowest BCUT2D eigenvalue weighted by Crippen LogP contribution is -2.25. The van der Waals surface area contributed by atoms with Gasteiger partial charge >= 0.3 is 0 Å². The lowest BCUT2D eigenvalue weighted by atomic mass is 9.93. The Labute approximate surface area is 173 Å². The van der Waals surface area contributed by atoms with Crippen molar-refractivity contribution in [2.45, 2.75) is 18.9 Å². The lowest BCUT2D eigenvalue weighted by Gasteiger charge is -2.11. The summed E-state index contributed by atoms with van der Waals surface area (Å²) in [5.74, 6) is -0.133. The molecule has 2 aromatic carbocycles. The molecule has 30 heavy (non-hydrogen) atoms. The summed E-state index contributed by atoms with van der Waals surface area (Å²) in [7, 11) is 1.54. The molecule has 1 aliphatic heterocycles. The Morgan fingerprint density at radius 2 is 1.90 bits per heavy atom. The van der Waals surface area contributed by atoms with Crippen molar-refractivity contribution < 1.29 is 14.3 Å². The molecule has 1 aliphatic rings. The number of fused-ring (bicyclic) bond motifs is 1. The number of H-pyrrole nitrogens is 2. The van der Waals surface area contributed by atoms with Crippen molar-refractivity contribution >= 4 is 22.7 Å². The molecule has 5 rings (SSSR count). The van der Waals surface area contributed by atoms with Crippen LogP contribution in [0.25, 0.3) is 22.3 Å². The van der Waals surface area contributed by atoms with E-state index in [0.29, 0.717) is 6.61 Å². The summed E-state index contributed by atoms with van der Waals surface area (Å²) < 4.78 is 6.00. The first-order valence-electron chi connectivity index (χ1n) is 9.88. The van der Waals surface area contributed by atoms with E-state index in [9.17, 15) is 9.59 Å². The minimum atomic E-state index is -0.515. The molecule has 2 aromatic heterocycles. The molecule has 150 valence electrons. The lowest BCUT2D eigenvalue weighted by molar-refractivity contribution is -0.137. The van der Waals surface area contributed by atoms with Crippen LogP contribution in [0, 0.1) is 0 Å². The fourth-order valence-corrected chi connectivity index (χ4v) is 4.06. The summed E-state index contributed by atoms with van der Waals surface area (Å²) in [5, 5.41) is 0.895. The summed E-state index contributed by atoms with van der Waals surface area (Å²) in [5.41, 5.74) is 4.52. The molecule has 3 heterocycles. The standard InChI is InChI=1S/C24H21N3O3/c1-27-21(28)13-18(24(27)29)22-17-12-16(30-14-15-6-3-2-4-7-15)9-10-19(17)26-23(22)20-8-5-11-25-20/h2-12,18,25-26H,13-14H2,1H3. The van der Waals surface area contributed by atoms with E-state index < -0.39 is 5.92 Å². The molecular weight excluding hydrogens is 378 g/mol. The van der Waals surface area contributed by atoms with E-state index in [1.165, 1.54) is 4.90 Å². The first-order chi connectivity index (χ1) is 14.6. The maximum absolute atomic E-state index is 12.8. The van der Waals surface area contributed by atoms with Gasteiger partial charge in [-0.1, -0.05) is 30.3 Å². The summed E-state index contributed by atoms with van der Waals surface area (Å²) in [6.45, 7) is 0.458. The zero-order chi connectivity index (χ0) is 20.7. The highest BCUT2D eigenvalue weighted by molar-refractivity contribution is 6.09. The number of aromatic nitrogens is 2. The fourth-order valence-electron chi connectivity index (χ4n) is 4.06. The number of nitrogens with one attached hydrogen (secondary N) is 2. The van der Waals surface area contributed by atoms with Crippen LogP contribution in [-0.4, -0.2) is 33.7 Å². The smallest absolute Gasteiger partial charge is 0.237 e. The van der Waals surface area contributed by atoms with Gasteiger partial charge in [-0.05, 0) is 35.9 Å². The zero-order valence-corrected chi connectivity index (χ0v) is 16.5. The van der Waals surface area contributed by atoms with E-state index in [-0.39, 0.29) is 18.2 Å². The predicted octanol–water partition coefficient (Wildman–Crippen LogP) is 4.21. The number of rotatable bonds is 5. The highest BCUT2D eigenvalue weighted by Crippen LogP contribution is 2.41. The Balaban J connectivity index is 1.58. The van der Waals surface area contributed by atoms with Gasteiger partial charge in [-0.25, -0.2) is 0 Å². The van der Waals surface area contributed by atoms with Crippen molar-refractivity contribution in [2.24, 2.45) is 0 Å². The average Bonchev–Trinajstić information content (AvgIpc) is 3.48. The fraction of sp³-hybridized carbons (Fsp3) is 0.167. The van der Waals surface area contributed by atoms with Gasteiger partial charge in [0.1, 0.15) is 12.4 Å². The summed E-state index contributed by atoms with van der Waals surface area (Å²) in [6.07, 6.45) is 2.01. The first kappa shape index (κ1) is 18.2. The number of imide groups is 1. The van der Waals surface area contributed by atoms with Crippen molar-refractivity contribution in [3.8, 4) is 17.1 Å². The van der Waals surface area contributed by atoms with Gasteiger partial charge in [-0.15, -0.1) is 0 Å². The maximum Gasteiger partial charge on any atom is 0.237 e. The quantitative estimate of drug-likeness (QED) is 0.494. The number of amides is 2. The Morgan fingerprint density at radius 1 is 1.07 bits per heavy atom. The number of likely N-dealkylation sites (tertiary alicyclic amines) is 1. The zero-order valence-electron chi connectivity index (χ0n) is 16.5. The molecule has 6 heteroatoms. The van der Waals surface area contributed by atoms with Crippen molar-refractivity contribution in [1.82, 2.24) is 14.9 Å². The average molecular weight is 399 g/mol. The second-order valence-electron chi connectivity index (χ2n) is 7.53. The minimum Gasteiger partial charge on any atom is -0.489 e. The third kappa shape index (κ3) is 3.06. The molecule has 0 radical (unpaired) electrons. The van der Waals surface area contributed by atoms with Crippen LogP contribution in [-0.2, 0) is 16.2 Å². The minimum absolute atomic E-state index is 0.159. The van der Waals surface area contributed by atoms with Gasteiger partial charge in [-0.3, -0.25) is 14.5 Å². The second kappa shape index (κ2) is 7.22. The van der Waals surface area contributed by atoms with E-state index in [1.807, 2.05) is 66.9 Å². The van der Waals surface area contributed by atoms with Gasteiger partial charge in [0.05, 0.1) is 17.3 Å². The van der Waals surface area contributed by atoms with Gasteiger partial charge in [-0.2, -0.15) is 0 Å². The molecule has 4 aromatic rings. The molecule has 2 N–H and O–H groups in total. The third-order valence-corrected chi connectivity index (χ3v) is 5.66. The number of nitrogens with zero attached hydrogens (tertiary/aromatic N) is 1. The molecule has 0 spiro atoms. The molecular formula is C24H21N3O3. The molecule has 1 saturated heterocycles. The highest BCUT2D eigenvalue weighted by atomic mass is 16.5. The molecule has 0 aliphatic carbocycles. The van der Waals surface area contributed by atoms with Gasteiger partial charge in [0.2, 0.25) is 11.8 Å². The van der Waals surface area contributed by atoms with Crippen LogP contribution in [0.5, 0.6) is 5.75 Å². The Kier molecular flexibility index (Phi) is 4.39. The summed E-state index contributed by atoms with van der Waals surface area (Å²) in [6, 6.07) is 19.6. The van der Waals surface area contributed by atoms with Crippen LogP contribution in [0.4, 0.5) is 0 Å². The van der Waals surface area contributed by atoms with Crippen LogP contribution >= 0.6 is 0 Å². The Morgan fingerprint density at radius 3 is 2.60 bits per heavy atom. The Hall–Kier alpha value is -3.80. The van der Waals surface area contributed by atoms with Gasteiger partial charge in [0.25, 0.3) is 0 Å². The molecule has 1 atom stereocenters. The number of ether oxygens (including phenoxy) is 1. The number of likely N-dealkylation sites (N-methyl/N-ethyl adjacent to an activating group) is 1. The number of hydrogen-bond donors (Lipinski definition) is 2. The number of hydrogen-bond acceptors (Lipinski definition) is 3. The highest BCUT2D eigenvalue weighted by Gasteiger charge is 2.40. The third-order valence-electron chi connectivity index (χ3n) is 5.66. The largest absolute Gasteiger partial charge is 0.489 e.